The number of hydrogen-bond donors (Lipinski definition) is 1. The Bertz CT molecular complexity index is 1250. The summed E-state index contributed by atoms with van der Waals surface area (Å²) in [5.74, 6) is -2.68. The van der Waals surface area contributed by atoms with E-state index in [0.29, 0.717) is 36.3 Å². The van der Waals surface area contributed by atoms with Crippen LogP contribution in [0.3, 0.4) is 0 Å². The molecule has 1 aliphatic rings. The lowest BCUT2D eigenvalue weighted by Gasteiger charge is -2.29. The van der Waals surface area contributed by atoms with Crippen molar-refractivity contribution in [3.8, 4) is 11.5 Å². The van der Waals surface area contributed by atoms with E-state index in [1.54, 1.807) is 6.92 Å². The molecule has 2 atom stereocenters. The summed E-state index contributed by atoms with van der Waals surface area (Å²) in [5, 5.41) is 3.79. The Morgan fingerprint density at radius 2 is 1.86 bits per heavy atom. The summed E-state index contributed by atoms with van der Waals surface area (Å²) in [4.78, 5) is 8.87. The number of fused-ring (bicyclic) bond motifs is 3. The van der Waals surface area contributed by atoms with Crippen LogP contribution in [-0.2, 0) is 12.8 Å². The maximum absolute atomic E-state index is 14.3. The molecule has 29 heavy (non-hydrogen) atoms. The third-order valence-electron chi connectivity index (χ3n) is 5.38. The van der Waals surface area contributed by atoms with Gasteiger partial charge in [0.2, 0.25) is 0 Å². The van der Waals surface area contributed by atoms with Gasteiger partial charge in [-0.2, -0.15) is 4.98 Å². The lowest BCUT2D eigenvalue weighted by Crippen LogP contribution is -2.37. The van der Waals surface area contributed by atoms with Crippen LogP contribution in [0.25, 0.3) is 17.1 Å². The molecule has 0 amide bonds. The highest BCUT2D eigenvalue weighted by Crippen LogP contribution is 2.35. The van der Waals surface area contributed by atoms with Crippen LogP contribution in [0.4, 0.5) is 13.2 Å². The SMILES string of the molecule is Cc1noc(-c2ccn3c4c(nc3c2)CC(c2cc(F)c(F)cc2F)C(N)C4)n1. The summed E-state index contributed by atoms with van der Waals surface area (Å²) in [6, 6.07) is 4.67. The minimum Gasteiger partial charge on any atom is -0.334 e. The van der Waals surface area contributed by atoms with E-state index < -0.39 is 29.4 Å². The average Bonchev–Trinajstić information content (AvgIpc) is 3.27. The van der Waals surface area contributed by atoms with Crippen LogP contribution in [-0.4, -0.2) is 25.6 Å². The van der Waals surface area contributed by atoms with Gasteiger partial charge in [-0.1, -0.05) is 5.16 Å². The van der Waals surface area contributed by atoms with Crippen molar-refractivity contribution in [3.63, 3.8) is 0 Å². The smallest absolute Gasteiger partial charge is 0.258 e. The molecule has 0 spiro atoms. The van der Waals surface area contributed by atoms with Gasteiger partial charge in [-0.3, -0.25) is 0 Å². The normalized spacial score (nSPS) is 18.9. The van der Waals surface area contributed by atoms with Crippen LogP contribution < -0.4 is 5.73 Å². The Labute approximate surface area is 163 Å². The number of halogens is 3. The van der Waals surface area contributed by atoms with E-state index in [4.69, 9.17) is 10.3 Å². The Kier molecular flexibility index (Phi) is 3.95. The van der Waals surface area contributed by atoms with E-state index in [2.05, 4.69) is 15.1 Å². The van der Waals surface area contributed by atoms with Gasteiger partial charge in [0.1, 0.15) is 11.5 Å². The monoisotopic (exact) mass is 399 g/mol. The van der Waals surface area contributed by atoms with E-state index in [1.165, 1.54) is 0 Å². The molecule has 148 valence electrons. The van der Waals surface area contributed by atoms with Gasteiger partial charge < -0.3 is 14.7 Å². The Morgan fingerprint density at radius 1 is 1.07 bits per heavy atom. The standard InChI is InChI=1S/C20H16F3N5O/c1-9-25-20(29-27-9)10-2-3-28-18-8-16(24)12(6-17(18)26-19(28)4-10)11-5-14(22)15(23)7-13(11)21/h2-5,7,12,16H,6,8,24H2,1H3. The van der Waals surface area contributed by atoms with Gasteiger partial charge in [-0.05, 0) is 37.1 Å². The molecule has 0 aliphatic heterocycles. The number of imidazole rings is 1. The van der Waals surface area contributed by atoms with E-state index in [9.17, 15) is 13.2 Å². The van der Waals surface area contributed by atoms with Crippen molar-refractivity contribution in [2.24, 2.45) is 5.73 Å². The van der Waals surface area contributed by atoms with Crippen LogP contribution in [0.2, 0.25) is 0 Å². The molecule has 3 aromatic heterocycles. The first-order valence-electron chi connectivity index (χ1n) is 9.11. The third kappa shape index (κ3) is 2.89. The molecule has 1 aromatic carbocycles. The molecule has 1 aliphatic carbocycles. The summed E-state index contributed by atoms with van der Waals surface area (Å²) in [7, 11) is 0. The Hall–Kier alpha value is -3.20. The summed E-state index contributed by atoms with van der Waals surface area (Å²) in [6.45, 7) is 1.73. The molecule has 0 bridgehead atoms. The first kappa shape index (κ1) is 17.9. The number of aryl methyl sites for hydroxylation is 1. The molecule has 9 heteroatoms. The van der Waals surface area contributed by atoms with Crippen molar-refractivity contribution in [2.75, 3.05) is 0 Å². The third-order valence-corrected chi connectivity index (χ3v) is 5.38. The average molecular weight is 399 g/mol. The zero-order valence-electron chi connectivity index (χ0n) is 15.4. The van der Waals surface area contributed by atoms with Crippen LogP contribution in [0, 0.1) is 24.4 Å². The highest BCUT2D eigenvalue weighted by atomic mass is 19.2. The summed E-state index contributed by atoms with van der Waals surface area (Å²) in [5.41, 5.74) is 9.43. The van der Waals surface area contributed by atoms with Gasteiger partial charge >= 0.3 is 0 Å². The topological polar surface area (TPSA) is 82.2 Å². The van der Waals surface area contributed by atoms with Gasteiger partial charge in [-0.25, -0.2) is 18.2 Å². The number of hydrogen-bond acceptors (Lipinski definition) is 5. The molecule has 3 heterocycles. The fourth-order valence-electron chi connectivity index (χ4n) is 3.96. The quantitative estimate of drug-likeness (QED) is 0.523. The lowest BCUT2D eigenvalue weighted by molar-refractivity contribution is 0.425. The summed E-state index contributed by atoms with van der Waals surface area (Å²) >= 11 is 0. The summed E-state index contributed by atoms with van der Waals surface area (Å²) in [6.07, 6.45) is 2.61. The van der Waals surface area contributed by atoms with Crippen molar-refractivity contribution in [3.05, 3.63) is 70.7 Å². The fraction of sp³-hybridized carbons (Fsp3) is 0.250. The molecule has 6 nitrogen and oxygen atoms in total. The van der Waals surface area contributed by atoms with E-state index >= 15 is 0 Å². The second-order valence-corrected chi connectivity index (χ2v) is 7.26. The number of rotatable bonds is 2. The zero-order chi connectivity index (χ0) is 20.3. The number of pyridine rings is 1. The van der Waals surface area contributed by atoms with Gasteiger partial charge in [0.25, 0.3) is 5.89 Å². The van der Waals surface area contributed by atoms with Gasteiger partial charge in [0.05, 0.1) is 5.69 Å². The molecule has 4 aromatic rings. The van der Waals surface area contributed by atoms with E-state index in [-0.39, 0.29) is 5.56 Å². The van der Waals surface area contributed by atoms with Crippen molar-refractivity contribution in [2.45, 2.75) is 31.7 Å². The van der Waals surface area contributed by atoms with Gasteiger partial charge in [0, 0.05) is 41.9 Å². The van der Waals surface area contributed by atoms with Crippen molar-refractivity contribution in [1.82, 2.24) is 19.5 Å². The van der Waals surface area contributed by atoms with E-state index in [0.717, 1.165) is 23.0 Å². The minimum atomic E-state index is -1.21. The zero-order valence-corrected chi connectivity index (χ0v) is 15.4. The predicted molar refractivity (Wildman–Crippen MR) is 97.7 cm³/mol. The number of nitrogens with two attached hydrogens (primary N) is 1. The van der Waals surface area contributed by atoms with Crippen LogP contribution in [0.15, 0.2) is 35.0 Å². The van der Waals surface area contributed by atoms with Crippen molar-refractivity contribution >= 4 is 5.65 Å². The highest BCUT2D eigenvalue weighted by molar-refractivity contribution is 5.61. The molecule has 5 rings (SSSR count). The largest absolute Gasteiger partial charge is 0.334 e. The highest BCUT2D eigenvalue weighted by Gasteiger charge is 2.33. The molecule has 2 N–H and O–H groups in total. The molecule has 0 radical (unpaired) electrons. The minimum absolute atomic E-state index is 0.0705. The lowest BCUT2D eigenvalue weighted by atomic mass is 9.80. The second kappa shape index (κ2) is 6.41. The molecular weight excluding hydrogens is 383 g/mol. The Balaban J connectivity index is 1.55. The second-order valence-electron chi connectivity index (χ2n) is 7.26. The van der Waals surface area contributed by atoms with Crippen molar-refractivity contribution in [1.29, 1.82) is 0 Å². The number of aromatic nitrogens is 4. The first-order chi connectivity index (χ1) is 13.9. The van der Waals surface area contributed by atoms with Gasteiger partial charge in [-0.15, -0.1) is 0 Å². The maximum atomic E-state index is 14.3. The molecule has 0 saturated carbocycles. The maximum Gasteiger partial charge on any atom is 0.258 e. The summed E-state index contributed by atoms with van der Waals surface area (Å²) < 4.78 is 48.4. The van der Waals surface area contributed by atoms with Crippen LogP contribution in [0.1, 0.15) is 28.7 Å². The van der Waals surface area contributed by atoms with Crippen LogP contribution in [0.5, 0.6) is 0 Å². The van der Waals surface area contributed by atoms with E-state index in [1.807, 2.05) is 22.7 Å². The fourth-order valence-corrected chi connectivity index (χ4v) is 3.96. The van der Waals surface area contributed by atoms with Crippen LogP contribution >= 0.6 is 0 Å². The van der Waals surface area contributed by atoms with Gasteiger partial charge in [0.15, 0.2) is 17.5 Å². The molecular formula is C20H16F3N5O. The predicted octanol–water partition coefficient (Wildman–Crippen LogP) is 3.32. The first-order valence-corrected chi connectivity index (χ1v) is 9.11. The van der Waals surface area contributed by atoms with Crippen molar-refractivity contribution < 1.29 is 17.7 Å². The Morgan fingerprint density at radius 3 is 2.62 bits per heavy atom. The number of benzene rings is 1. The molecule has 0 fully saturated rings. The number of nitrogens with zero attached hydrogens (tertiary/aromatic N) is 4. The molecule has 2 unspecified atom stereocenters. The molecule has 0 saturated heterocycles.